The normalized spacial score (nSPS) is 21.4. The van der Waals surface area contributed by atoms with Crippen molar-refractivity contribution >= 4 is 15.8 Å². The van der Waals surface area contributed by atoms with Gasteiger partial charge in [0.1, 0.15) is 4.90 Å². The van der Waals surface area contributed by atoms with Crippen LogP contribution in [0.4, 0.5) is 5.82 Å². The maximum atomic E-state index is 12.7. The summed E-state index contributed by atoms with van der Waals surface area (Å²) in [6, 6.07) is 3.09. The number of nitrogens with two attached hydrogens (primary N) is 1. The number of nitrogens with one attached hydrogen (secondary N) is 1. The molecule has 2 heterocycles. The molecule has 1 fully saturated rings. The lowest BCUT2D eigenvalue weighted by Crippen LogP contribution is -2.37. The molecule has 1 aliphatic rings. The highest BCUT2D eigenvalue weighted by molar-refractivity contribution is 7.89. The van der Waals surface area contributed by atoms with E-state index in [-0.39, 0.29) is 16.8 Å². The quantitative estimate of drug-likeness (QED) is 0.623. The number of pyridine rings is 1. The molecule has 0 radical (unpaired) electrons. The molecular formula is C12H20N4O3S. The van der Waals surface area contributed by atoms with Gasteiger partial charge in [-0.05, 0) is 25.0 Å². The fourth-order valence-corrected chi connectivity index (χ4v) is 3.79. The Kier molecular flexibility index (Phi) is 4.92. The number of sulfonamides is 1. The van der Waals surface area contributed by atoms with Crippen LogP contribution >= 0.6 is 0 Å². The van der Waals surface area contributed by atoms with E-state index in [4.69, 9.17) is 10.6 Å². The van der Waals surface area contributed by atoms with Gasteiger partial charge in [0.25, 0.3) is 0 Å². The molecule has 0 bridgehead atoms. The Morgan fingerprint density at radius 3 is 3.10 bits per heavy atom. The first-order chi connectivity index (χ1) is 9.59. The highest BCUT2D eigenvalue weighted by Gasteiger charge is 2.30. The van der Waals surface area contributed by atoms with Crippen molar-refractivity contribution in [1.29, 1.82) is 0 Å². The number of hydrazine groups is 1. The standard InChI is InChI=1S/C12H20N4O3S/c1-2-10-9-16(7-4-8-19-10)20(17,18)11-5-3-6-14-12(11)15-13/h3,5-6,10H,2,4,7-9,13H2,1H3,(H,14,15). The number of aromatic nitrogens is 1. The molecule has 0 amide bonds. The molecule has 1 unspecified atom stereocenters. The van der Waals surface area contributed by atoms with Crippen LogP contribution in [-0.4, -0.2) is 43.5 Å². The van der Waals surface area contributed by atoms with Crippen molar-refractivity contribution in [1.82, 2.24) is 9.29 Å². The summed E-state index contributed by atoms with van der Waals surface area (Å²) in [7, 11) is -3.62. The van der Waals surface area contributed by atoms with E-state index in [1.807, 2.05) is 6.92 Å². The molecule has 3 N–H and O–H groups in total. The second-order valence-corrected chi connectivity index (χ2v) is 6.52. The molecule has 0 aliphatic carbocycles. The number of rotatable bonds is 4. The maximum absolute atomic E-state index is 12.7. The average Bonchev–Trinajstić information content (AvgIpc) is 2.73. The van der Waals surface area contributed by atoms with Gasteiger partial charge in [0.2, 0.25) is 10.0 Å². The third-order valence-corrected chi connectivity index (χ3v) is 5.19. The van der Waals surface area contributed by atoms with Gasteiger partial charge in [-0.15, -0.1) is 0 Å². The molecule has 0 saturated carbocycles. The van der Waals surface area contributed by atoms with Crippen LogP contribution in [0.25, 0.3) is 0 Å². The Hall–Kier alpha value is -1.22. The van der Waals surface area contributed by atoms with Crippen molar-refractivity contribution < 1.29 is 13.2 Å². The first-order valence-electron chi connectivity index (χ1n) is 6.63. The lowest BCUT2D eigenvalue weighted by atomic mass is 10.3. The molecule has 1 aromatic heterocycles. The van der Waals surface area contributed by atoms with Gasteiger partial charge in [-0.1, -0.05) is 6.92 Å². The second kappa shape index (κ2) is 6.49. The van der Waals surface area contributed by atoms with E-state index >= 15 is 0 Å². The van der Waals surface area contributed by atoms with Crippen LogP contribution < -0.4 is 11.3 Å². The van der Waals surface area contributed by atoms with E-state index in [9.17, 15) is 8.42 Å². The predicted octanol–water partition coefficient (Wildman–Crippen LogP) is 0.557. The van der Waals surface area contributed by atoms with Crippen LogP contribution in [0.2, 0.25) is 0 Å². The molecule has 1 aliphatic heterocycles. The highest BCUT2D eigenvalue weighted by atomic mass is 32.2. The van der Waals surface area contributed by atoms with Crippen LogP contribution in [0.3, 0.4) is 0 Å². The molecule has 2 rings (SSSR count). The monoisotopic (exact) mass is 300 g/mol. The van der Waals surface area contributed by atoms with E-state index in [2.05, 4.69) is 10.4 Å². The minimum Gasteiger partial charge on any atom is -0.377 e. The fourth-order valence-electron chi connectivity index (χ4n) is 2.17. The maximum Gasteiger partial charge on any atom is 0.246 e. The van der Waals surface area contributed by atoms with E-state index < -0.39 is 10.0 Å². The van der Waals surface area contributed by atoms with Gasteiger partial charge in [-0.2, -0.15) is 4.31 Å². The molecule has 8 heteroatoms. The molecule has 0 aromatic carbocycles. The number of ether oxygens (including phenoxy) is 1. The van der Waals surface area contributed by atoms with Gasteiger partial charge >= 0.3 is 0 Å². The van der Waals surface area contributed by atoms with Gasteiger partial charge in [0, 0.05) is 25.9 Å². The van der Waals surface area contributed by atoms with Crippen LogP contribution in [0.5, 0.6) is 0 Å². The van der Waals surface area contributed by atoms with Gasteiger partial charge < -0.3 is 10.2 Å². The predicted molar refractivity (Wildman–Crippen MR) is 75.5 cm³/mol. The largest absolute Gasteiger partial charge is 0.377 e. The Bertz CT molecular complexity index is 549. The topological polar surface area (TPSA) is 97.6 Å². The van der Waals surface area contributed by atoms with Crippen molar-refractivity contribution in [2.75, 3.05) is 25.1 Å². The smallest absolute Gasteiger partial charge is 0.246 e. The lowest BCUT2D eigenvalue weighted by molar-refractivity contribution is 0.0593. The zero-order valence-corrected chi connectivity index (χ0v) is 12.3. The van der Waals surface area contributed by atoms with Gasteiger partial charge in [0.15, 0.2) is 5.82 Å². The summed E-state index contributed by atoms with van der Waals surface area (Å²) < 4.78 is 32.5. The highest BCUT2D eigenvalue weighted by Crippen LogP contribution is 2.23. The molecule has 1 saturated heterocycles. The minimum absolute atomic E-state index is 0.0711. The van der Waals surface area contributed by atoms with Gasteiger partial charge in [-0.25, -0.2) is 19.2 Å². The summed E-state index contributed by atoms with van der Waals surface area (Å²) in [6.07, 6.45) is 2.88. The van der Waals surface area contributed by atoms with E-state index in [1.165, 1.54) is 16.6 Å². The zero-order chi connectivity index (χ0) is 14.6. The average molecular weight is 300 g/mol. The lowest BCUT2D eigenvalue weighted by Gasteiger charge is -2.23. The van der Waals surface area contributed by atoms with Gasteiger partial charge in [0.05, 0.1) is 6.10 Å². The third-order valence-electron chi connectivity index (χ3n) is 3.29. The first kappa shape index (κ1) is 15.2. The zero-order valence-electron chi connectivity index (χ0n) is 11.4. The van der Waals surface area contributed by atoms with E-state index in [0.717, 1.165) is 6.42 Å². The van der Waals surface area contributed by atoms with Gasteiger partial charge in [-0.3, -0.25) is 0 Å². The Morgan fingerprint density at radius 1 is 1.60 bits per heavy atom. The Balaban J connectivity index is 2.33. The van der Waals surface area contributed by atoms with E-state index in [0.29, 0.717) is 26.1 Å². The van der Waals surface area contributed by atoms with Crippen molar-refractivity contribution in [3.05, 3.63) is 18.3 Å². The van der Waals surface area contributed by atoms with Crippen LogP contribution in [0.15, 0.2) is 23.2 Å². The third kappa shape index (κ3) is 3.09. The molecule has 1 atom stereocenters. The van der Waals surface area contributed by atoms with Crippen molar-refractivity contribution in [3.8, 4) is 0 Å². The fraction of sp³-hybridized carbons (Fsp3) is 0.583. The summed E-state index contributed by atoms with van der Waals surface area (Å²) in [6.45, 7) is 3.37. The summed E-state index contributed by atoms with van der Waals surface area (Å²) in [5, 5.41) is 0. The van der Waals surface area contributed by atoms with Crippen molar-refractivity contribution in [3.63, 3.8) is 0 Å². The Morgan fingerprint density at radius 2 is 2.40 bits per heavy atom. The van der Waals surface area contributed by atoms with Crippen LogP contribution in [0.1, 0.15) is 19.8 Å². The molecule has 0 spiro atoms. The number of nitrogen functional groups attached to an aromatic ring is 1. The summed E-state index contributed by atoms with van der Waals surface area (Å²) in [5.74, 6) is 5.50. The number of hydrogen-bond donors (Lipinski definition) is 2. The molecule has 7 nitrogen and oxygen atoms in total. The summed E-state index contributed by atoms with van der Waals surface area (Å²) >= 11 is 0. The van der Waals surface area contributed by atoms with Crippen LogP contribution in [0, 0.1) is 0 Å². The van der Waals surface area contributed by atoms with E-state index in [1.54, 1.807) is 6.07 Å². The molecule has 1 aromatic rings. The SMILES string of the molecule is CCC1CN(S(=O)(=O)c2cccnc2NN)CCCO1. The number of hydrogen-bond acceptors (Lipinski definition) is 6. The molecular weight excluding hydrogens is 280 g/mol. The van der Waals surface area contributed by atoms with Crippen molar-refractivity contribution in [2.45, 2.75) is 30.8 Å². The minimum atomic E-state index is -3.62. The van der Waals surface area contributed by atoms with Crippen molar-refractivity contribution in [2.24, 2.45) is 5.84 Å². The number of nitrogens with zero attached hydrogens (tertiary/aromatic N) is 2. The Labute approximate surface area is 119 Å². The molecule has 112 valence electrons. The summed E-state index contributed by atoms with van der Waals surface area (Å²) in [5.41, 5.74) is 2.33. The first-order valence-corrected chi connectivity index (χ1v) is 8.07. The second-order valence-electron chi connectivity index (χ2n) is 4.61. The molecule has 20 heavy (non-hydrogen) atoms. The number of anilines is 1. The summed E-state index contributed by atoms with van der Waals surface area (Å²) in [4.78, 5) is 4.04. The van der Waals surface area contributed by atoms with Crippen LogP contribution in [-0.2, 0) is 14.8 Å².